The predicted molar refractivity (Wildman–Crippen MR) is 88.0 cm³/mol. The first-order chi connectivity index (χ1) is 10.6. The molecule has 0 aliphatic carbocycles. The summed E-state index contributed by atoms with van der Waals surface area (Å²) in [5.74, 6) is -0.320. The Balaban J connectivity index is 2.06. The maximum absolute atomic E-state index is 11.5. The Bertz CT molecular complexity index is 685. The summed E-state index contributed by atoms with van der Waals surface area (Å²) >= 11 is 5.40. The van der Waals surface area contributed by atoms with Crippen molar-refractivity contribution in [1.29, 1.82) is 0 Å². The van der Waals surface area contributed by atoms with Gasteiger partial charge in [0.2, 0.25) is 0 Å². The molecule has 0 saturated heterocycles. The number of hydrogen-bond donors (Lipinski definition) is 0. The van der Waals surface area contributed by atoms with Gasteiger partial charge in [-0.05, 0) is 53.9 Å². The Morgan fingerprint density at radius 2 is 1.36 bits per heavy atom. The van der Waals surface area contributed by atoms with E-state index in [4.69, 9.17) is 16.3 Å². The molecule has 2 aromatic carbocycles. The SMILES string of the molecule is CCOC(=O)c1ccc(C=Cc2ccc(C(=O)Cl)cc2)cc1. The van der Waals surface area contributed by atoms with Crippen LogP contribution in [0.3, 0.4) is 0 Å². The zero-order valence-electron chi connectivity index (χ0n) is 12.1. The van der Waals surface area contributed by atoms with E-state index in [0.29, 0.717) is 17.7 Å². The molecular weight excluding hydrogens is 300 g/mol. The third kappa shape index (κ3) is 4.30. The first-order valence-electron chi connectivity index (χ1n) is 6.85. The van der Waals surface area contributed by atoms with E-state index in [2.05, 4.69) is 0 Å². The first-order valence-corrected chi connectivity index (χ1v) is 7.23. The number of halogens is 1. The van der Waals surface area contributed by atoms with Crippen LogP contribution in [0.15, 0.2) is 48.5 Å². The summed E-state index contributed by atoms with van der Waals surface area (Å²) in [5.41, 5.74) is 2.92. The molecule has 4 heteroatoms. The number of hydrogen-bond acceptors (Lipinski definition) is 3. The van der Waals surface area contributed by atoms with E-state index in [1.807, 2.05) is 36.4 Å². The lowest BCUT2D eigenvalue weighted by Gasteiger charge is -2.01. The highest BCUT2D eigenvalue weighted by molar-refractivity contribution is 6.67. The second-order valence-electron chi connectivity index (χ2n) is 4.57. The lowest BCUT2D eigenvalue weighted by molar-refractivity contribution is 0.0526. The number of benzene rings is 2. The van der Waals surface area contributed by atoms with Crippen molar-refractivity contribution in [2.45, 2.75) is 6.92 Å². The molecule has 112 valence electrons. The molecule has 3 nitrogen and oxygen atoms in total. The van der Waals surface area contributed by atoms with E-state index in [0.717, 1.165) is 11.1 Å². The number of carbonyl (C=O) groups excluding carboxylic acids is 2. The molecule has 0 radical (unpaired) electrons. The number of esters is 1. The quantitative estimate of drug-likeness (QED) is 0.466. The minimum atomic E-state index is -0.468. The van der Waals surface area contributed by atoms with Crippen molar-refractivity contribution < 1.29 is 14.3 Å². The van der Waals surface area contributed by atoms with E-state index < -0.39 is 5.24 Å². The van der Waals surface area contributed by atoms with Crippen LogP contribution in [0.2, 0.25) is 0 Å². The average Bonchev–Trinajstić information content (AvgIpc) is 2.54. The summed E-state index contributed by atoms with van der Waals surface area (Å²) in [6.45, 7) is 2.14. The Labute approximate surface area is 134 Å². The molecular formula is C18H15ClO3. The van der Waals surface area contributed by atoms with E-state index in [9.17, 15) is 9.59 Å². The van der Waals surface area contributed by atoms with Crippen molar-refractivity contribution in [3.63, 3.8) is 0 Å². The molecule has 0 aromatic heterocycles. The summed E-state index contributed by atoms with van der Waals surface area (Å²) in [5, 5.41) is -0.468. The maximum atomic E-state index is 11.5. The topological polar surface area (TPSA) is 43.4 Å². The van der Waals surface area contributed by atoms with Crippen molar-refractivity contribution >= 4 is 35.0 Å². The van der Waals surface area contributed by atoms with Crippen LogP contribution in [0.5, 0.6) is 0 Å². The molecule has 0 unspecified atom stereocenters. The molecule has 0 aliphatic heterocycles. The lowest BCUT2D eigenvalue weighted by Crippen LogP contribution is -2.03. The molecule has 0 heterocycles. The van der Waals surface area contributed by atoms with Crippen molar-refractivity contribution in [3.8, 4) is 0 Å². The fourth-order valence-corrected chi connectivity index (χ4v) is 1.99. The third-order valence-corrected chi connectivity index (χ3v) is 3.25. The lowest BCUT2D eigenvalue weighted by atomic mass is 10.1. The van der Waals surface area contributed by atoms with Gasteiger partial charge in [0.1, 0.15) is 0 Å². The van der Waals surface area contributed by atoms with E-state index in [-0.39, 0.29) is 5.97 Å². The summed E-state index contributed by atoms with van der Waals surface area (Å²) in [4.78, 5) is 22.5. The van der Waals surface area contributed by atoms with Gasteiger partial charge in [0, 0.05) is 5.56 Å². The monoisotopic (exact) mass is 314 g/mol. The fraction of sp³-hybridized carbons (Fsp3) is 0.111. The second-order valence-corrected chi connectivity index (χ2v) is 4.91. The van der Waals surface area contributed by atoms with Crippen LogP contribution >= 0.6 is 11.6 Å². The molecule has 2 rings (SSSR count). The zero-order valence-corrected chi connectivity index (χ0v) is 12.8. The van der Waals surface area contributed by atoms with Gasteiger partial charge in [-0.25, -0.2) is 4.79 Å². The van der Waals surface area contributed by atoms with Crippen LogP contribution in [-0.4, -0.2) is 17.8 Å². The van der Waals surface area contributed by atoms with E-state index in [1.54, 1.807) is 31.2 Å². The Morgan fingerprint density at radius 1 is 0.909 bits per heavy atom. The van der Waals surface area contributed by atoms with Gasteiger partial charge in [0.25, 0.3) is 5.24 Å². The summed E-state index contributed by atoms with van der Waals surface area (Å²) < 4.78 is 4.93. The van der Waals surface area contributed by atoms with Gasteiger partial charge in [0.05, 0.1) is 12.2 Å². The van der Waals surface area contributed by atoms with Gasteiger partial charge >= 0.3 is 5.97 Å². The summed E-state index contributed by atoms with van der Waals surface area (Å²) in [7, 11) is 0. The van der Waals surface area contributed by atoms with Crippen molar-refractivity contribution in [2.24, 2.45) is 0 Å². The van der Waals surface area contributed by atoms with Crippen molar-refractivity contribution in [1.82, 2.24) is 0 Å². The minimum absolute atomic E-state index is 0.320. The summed E-state index contributed by atoms with van der Waals surface area (Å²) in [6, 6.07) is 14.1. The molecule has 0 amide bonds. The third-order valence-electron chi connectivity index (χ3n) is 3.03. The van der Waals surface area contributed by atoms with Gasteiger partial charge in [-0.1, -0.05) is 36.4 Å². The maximum Gasteiger partial charge on any atom is 0.338 e. The standard InChI is InChI=1S/C18H15ClO3/c1-2-22-18(21)16-11-7-14(8-12-16)4-3-13-5-9-15(10-6-13)17(19)20/h3-12H,2H2,1H3. The number of rotatable bonds is 5. The van der Waals surface area contributed by atoms with Crippen molar-refractivity contribution in [3.05, 3.63) is 70.8 Å². The minimum Gasteiger partial charge on any atom is -0.462 e. The summed E-state index contributed by atoms with van der Waals surface area (Å²) in [6.07, 6.45) is 3.84. The van der Waals surface area contributed by atoms with Gasteiger partial charge in [-0.3, -0.25) is 4.79 Å². The van der Waals surface area contributed by atoms with Crippen LogP contribution in [0.25, 0.3) is 12.2 Å². The van der Waals surface area contributed by atoms with Gasteiger partial charge < -0.3 is 4.74 Å². The highest BCUT2D eigenvalue weighted by atomic mass is 35.5. The van der Waals surface area contributed by atoms with Crippen LogP contribution in [0.4, 0.5) is 0 Å². The molecule has 0 fully saturated rings. The normalized spacial score (nSPS) is 10.6. The molecule has 0 saturated carbocycles. The van der Waals surface area contributed by atoms with Crippen LogP contribution in [0.1, 0.15) is 38.8 Å². The van der Waals surface area contributed by atoms with Crippen LogP contribution in [-0.2, 0) is 4.74 Å². The molecule has 0 N–H and O–H groups in total. The number of carbonyl (C=O) groups is 2. The smallest absolute Gasteiger partial charge is 0.338 e. The Hall–Kier alpha value is -2.39. The predicted octanol–water partition coefficient (Wildman–Crippen LogP) is 4.41. The highest BCUT2D eigenvalue weighted by Gasteiger charge is 2.04. The van der Waals surface area contributed by atoms with Gasteiger partial charge in [-0.15, -0.1) is 0 Å². The molecule has 0 bridgehead atoms. The zero-order chi connectivity index (χ0) is 15.9. The van der Waals surface area contributed by atoms with Gasteiger partial charge in [0.15, 0.2) is 0 Å². The van der Waals surface area contributed by atoms with Crippen LogP contribution in [0, 0.1) is 0 Å². The Kier molecular flexibility index (Phi) is 5.50. The highest BCUT2D eigenvalue weighted by Crippen LogP contribution is 2.12. The molecule has 0 atom stereocenters. The molecule has 0 aliphatic rings. The van der Waals surface area contributed by atoms with Gasteiger partial charge in [-0.2, -0.15) is 0 Å². The van der Waals surface area contributed by atoms with Crippen LogP contribution < -0.4 is 0 Å². The fourth-order valence-electron chi connectivity index (χ4n) is 1.86. The van der Waals surface area contributed by atoms with Crippen molar-refractivity contribution in [2.75, 3.05) is 6.61 Å². The molecule has 22 heavy (non-hydrogen) atoms. The van der Waals surface area contributed by atoms with E-state index in [1.165, 1.54) is 0 Å². The second kappa shape index (κ2) is 7.57. The molecule has 0 spiro atoms. The average molecular weight is 315 g/mol. The molecule has 2 aromatic rings. The largest absolute Gasteiger partial charge is 0.462 e. The van der Waals surface area contributed by atoms with E-state index >= 15 is 0 Å². The first kappa shape index (κ1) is 16.0. The Morgan fingerprint density at radius 3 is 1.77 bits per heavy atom. The number of ether oxygens (including phenoxy) is 1.